The average Bonchev–Trinajstić information content (AvgIpc) is 2.67. The van der Waals surface area contributed by atoms with Crippen molar-refractivity contribution >= 4 is 39.2 Å². The van der Waals surface area contributed by atoms with E-state index in [1.54, 1.807) is 18.2 Å². The van der Waals surface area contributed by atoms with E-state index < -0.39 is 11.6 Å². The number of hydrogen-bond acceptors (Lipinski definition) is 3. The molecule has 1 aliphatic heterocycles. The molecule has 1 heterocycles. The van der Waals surface area contributed by atoms with Crippen molar-refractivity contribution in [3.8, 4) is 0 Å². The van der Waals surface area contributed by atoms with Crippen LogP contribution in [0.1, 0.15) is 18.9 Å². The van der Waals surface area contributed by atoms with Crippen LogP contribution in [0.3, 0.4) is 0 Å². The highest BCUT2D eigenvalue weighted by atomic mass is 79.9. The minimum absolute atomic E-state index is 0.233. The zero-order valence-corrected chi connectivity index (χ0v) is 11.2. The van der Waals surface area contributed by atoms with Gasteiger partial charge in [0.05, 0.1) is 10.7 Å². The Morgan fingerprint density at radius 1 is 1.65 bits per heavy atom. The highest BCUT2D eigenvalue weighted by Crippen LogP contribution is 2.29. The molecular weight excluding hydrogens is 309 g/mol. The largest absolute Gasteiger partial charge is 0.478 e. The Morgan fingerprint density at radius 3 is 2.88 bits per heavy atom. The maximum absolute atomic E-state index is 11.0. The van der Waals surface area contributed by atoms with Crippen molar-refractivity contribution in [1.29, 1.82) is 0 Å². The quantitative estimate of drug-likeness (QED) is 0.911. The van der Waals surface area contributed by atoms with E-state index in [-0.39, 0.29) is 6.42 Å². The van der Waals surface area contributed by atoms with E-state index in [9.17, 15) is 4.79 Å². The summed E-state index contributed by atoms with van der Waals surface area (Å²) in [4.78, 5) is 16.0. The van der Waals surface area contributed by atoms with Gasteiger partial charge in [0, 0.05) is 16.5 Å². The molecule has 2 rings (SSSR count). The van der Waals surface area contributed by atoms with Crippen LogP contribution in [0.5, 0.6) is 0 Å². The van der Waals surface area contributed by atoms with Crippen LogP contribution in [-0.2, 0) is 9.63 Å². The third kappa shape index (κ3) is 2.30. The standard InChI is InChI=1S/C11H9BrClNO3/c1-11(10(15)16)5-9(14-17-11)6-2-3-8(13)7(12)4-6/h2-4H,5H2,1H3,(H,15,16). The summed E-state index contributed by atoms with van der Waals surface area (Å²) >= 11 is 9.19. The number of carboxylic acid groups (broad SMARTS) is 1. The number of carboxylic acids is 1. The van der Waals surface area contributed by atoms with Crippen molar-refractivity contribution in [2.75, 3.05) is 0 Å². The molecule has 0 aliphatic carbocycles. The third-order valence-electron chi connectivity index (χ3n) is 2.57. The molecule has 0 bridgehead atoms. The monoisotopic (exact) mass is 317 g/mol. The summed E-state index contributed by atoms with van der Waals surface area (Å²) < 4.78 is 0.739. The number of nitrogens with zero attached hydrogens (tertiary/aromatic N) is 1. The Balaban J connectivity index is 2.26. The zero-order chi connectivity index (χ0) is 12.6. The fourth-order valence-corrected chi connectivity index (χ4v) is 1.98. The van der Waals surface area contributed by atoms with Gasteiger partial charge < -0.3 is 9.94 Å². The predicted octanol–water partition coefficient (Wildman–Crippen LogP) is 3.07. The van der Waals surface area contributed by atoms with Crippen LogP contribution in [0.15, 0.2) is 27.8 Å². The first-order valence-corrected chi connectivity index (χ1v) is 6.03. The molecule has 0 radical (unpaired) electrons. The van der Waals surface area contributed by atoms with Gasteiger partial charge in [0.25, 0.3) is 0 Å². The van der Waals surface area contributed by atoms with Crippen LogP contribution < -0.4 is 0 Å². The lowest BCUT2D eigenvalue weighted by Gasteiger charge is -2.14. The molecule has 0 saturated heterocycles. The smallest absolute Gasteiger partial charge is 0.351 e. The van der Waals surface area contributed by atoms with E-state index in [4.69, 9.17) is 21.5 Å². The van der Waals surface area contributed by atoms with Crippen molar-refractivity contribution in [2.24, 2.45) is 5.16 Å². The molecule has 0 aromatic heterocycles. The molecular formula is C11H9BrClNO3. The minimum atomic E-state index is -1.28. The maximum Gasteiger partial charge on any atom is 0.351 e. The topological polar surface area (TPSA) is 58.9 Å². The molecule has 17 heavy (non-hydrogen) atoms. The van der Waals surface area contributed by atoms with Crippen LogP contribution in [0.4, 0.5) is 0 Å². The van der Waals surface area contributed by atoms with Crippen molar-refractivity contribution in [3.63, 3.8) is 0 Å². The van der Waals surface area contributed by atoms with Gasteiger partial charge in [-0.2, -0.15) is 0 Å². The summed E-state index contributed by atoms with van der Waals surface area (Å²) in [5, 5.41) is 13.4. The SMILES string of the molecule is CC1(C(=O)O)CC(c2ccc(Cl)c(Br)c2)=NO1. The minimum Gasteiger partial charge on any atom is -0.478 e. The second-order valence-corrected chi connectivity index (χ2v) is 5.23. The Morgan fingerprint density at radius 2 is 2.35 bits per heavy atom. The molecule has 90 valence electrons. The predicted molar refractivity (Wildman–Crippen MR) is 67.4 cm³/mol. The van der Waals surface area contributed by atoms with Gasteiger partial charge in [0.2, 0.25) is 5.60 Å². The Hall–Kier alpha value is -1.07. The molecule has 6 heteroatoms. The molecule has 1 aromatic rings. The summed E-state index contributed by atoms with van der Waals surface area (Å²) in [6.45, 7) is 1.50. The lowest BCUT2D eigenvalue weighted by molar-refractivity contribution is -0.160. The molecule has 1 aliphatic rings. The lowest BCUT2D eigenvalue weighted by Crippen LogP contribution is -2.35. The van der Waals surface area contributed by atoms with E-state index >= 15 is 0 Å². The number of oxime groups is 1. The van der Waals surface area contributed by atoms with Gasteiger partial charge in [-0.25, -0.2) is 4.79 Å². The molecule has 0 spiro atoms. The number of benzene rings is 1. The van der Waals surface area contributed by atoms with E-state index in [1.807, 2.05) is 0 Å². The maximum atomic E-state index is 11.0. The lowest BCUT2D eigenvalue weighted by atomic mass is 9.96. The molecule has 1 atom stereocenters. The van der Waals surface area contributed by atoms with Crippen molar-refractivity contribution in [3.05, 3.63) is 33.3 Å². The van der Waals surface area contributed by atoms with Gasteiger partial charge in [-0.15, -0.1) is 0 Å². The number of hydrogen-bond donors (Lipinski definition) is 1. The van der Waals surface area contributed by atoms with Gasteiger partial charge in [0.1, 0.15) is 0 Å². The number of rotatable bonds is 2. The average molecular weight is 319 g/mol. The Kier molecular flexibility index (Phi) is 3.14. The fourth-order valence-electron chi connectivity index (χ4n) is 1.48. The molecule has 0 saturated carbocycles. The molecule has 4 nitrogen and oxygen atoms in total. The summed E-state index contributed by atoms with van der Waals surface area (Å²) in [5.41, 5.74) is 0.125. The van der Waals surface area contributed by atoms with Gasteiger partial charge >= 0.3 is 5.97 Å². The Labute approximate surface area is 111 Å². The summed E-state index contributed by atoms with van der Waals surface area (Å²) in [5.74, 6) is -1.02. The van der Waals surface area contributed by atoms with Gasteiger partial charge in [-0.1, -0.05) is 22.8 Å². The molecule has 1 N–H and O–H groups in total. The second-order valence-electron chi connectivity index (χ2n) is 3.97. The van der Waals surface area contributed by atoms with Crippen LogP contribution in [0, 0.1) is 0 Å². The molecule has 1 aromatic carbocycles. The van der Waals surface area contributed by atoms with Crippen molar-refractivity contribution in [2.45, 2.75) is 18.9 Å². The van der Waals surface area contributed by atoms with E-state index in [0.717, 1.165) is 10.0 Å². The summed E-state index contributed by atoms with van der Waals surface area (Å²) in [7, 11) is 0. The van der Waals surface area contributed by atoms with Crippen LogP contribution in [0.2, 0.25) is 5.02 Å². The first-order valence-electron chi connectivity index (χ1n) is 4.86. The van der Waals surface area contributed by atoms with Gasteiger partial charge in [-0.3, -0.25) is 0 Å². The van der Waals surface area contributed by atoms with Crippen molar-refractivity contribution in [1.82, 2.24) is 0 Å². The van der Waals surface area contributed by atoms with Gasteiger partial charge in [-0.05, 0) is 35.0 Å². The van der Waals surface area contributed by atoms with E-state index in [0.29, 0.717) is 10.7 Å². The normalized spacial score (nSPS) is 23.1. The van der Waals surface area contributed by atoms with Gasteiger partial charge in [0.15, 0.2) is 0 Å². The second kappa shape index (κ2) is 4.31. The van der Waals surface area contributed by atoms with Crippen LogP contribution in [-0.4, -0.2) is 22.4 Å². The van der Waals surface area contributed by atoms with E-state index in [2.05, 4.69) is 21.1 Å². The third-order valence-corrected chi connectivity index (χ3v) is 3.78. The van der Waals surface area contributed by atoms with Crippen LogP contribution >= 0.6 is 27.5 Å². The summed E-state index contributed by atoms with van der Waals surface area (Å²) in [6, 6.07) is 5.29. The fraction of sp³-hybridized carbons (Fsp3) is 0.273. The number of halogens is 2. The summed E-state index contributed by atoms with van der Waals surface area (Å²) in [6.07, 6.45) is 0.233. The van der Waals surface area contributed by atoms with E-state index in [1.165, 1.54) is 6.92 Å². The Bertz CT molecular complexity index is 517. The highest BCUT2D eigenvalue weighted by Gasteiger charge is 2.42. The number of carbonyl (C=O) groups is 1. The molecule has 0 fully saturated rings. The zero-order valence-electron chi connectivity index (χ0n) is 8.91. The van der Waals surface area contributed by atoms with Crippen LogP contribution in [0.25, 0.3) is 0 Å². The first-order chi connectivity index (χ1) is 7.92. The molecule has 1 unspecified atom stereocenters. The highest BCUT2D eigenvalue weighted by molar-refractivity contribution is 9.10. The first kappa shape index (κ1) is 12.4. The van der Waals surface area contributed by atoms with Crippen molar-refractivity contribution < 1.29 is 14.7 Å². The molecule has 0 amide bonds. The number of aliphatic carboxylic acids is 1.